The number of H-pyrrole nitrogens is 1. The molecular weight excluding hydrogens is 438 g/mol. The third-order valence-electron chi connectivity index (χ3n) is 5.82. The fourth-order valence-corrected chi connectivity index (χ4v) is 4.14. The Labute approximate surface area is 195 Å². The van der Waals surface area contributed by atoms with Crippen molar-refractivity contribution in [3.63, 3.8) is 0 Å². The summed E-state index contributed by atoms with van der Waals surface area (Å²) in [6.07, 6.45) is 3.60. The summed E-state index contributed by atoms with van der Waals surface area (Å²) >= 11 is 6.27. The molecule has 4 aromatic heterocycles. The van der Waals surface area contributed by atoms with E-state index >= 15 is 0 Å². The van der Waals surface area contributed by atoms with Gasteiger partial charge in [0.1, 0.15) is 0 Å². The first-order chi connectivity index (χ1) is 15.9. The SMILES string of the molecule is CCn1ncc(CN(C)C(=O)c2cc(-c3ccc4c[nH]nc4n3)nc3ccc(Cl)cc23)c1C. The monoisotopic (exact) mass is 459 g/mol. The van der Waals surface area contributed by atoms with Crippen molar-refractivity contribution in [3.05, 3.63) is 70.6 Å². The van der Waals surface area contributed by atoms with E-state index in [2.05, 4.69) is 20.3 Å². The van der Waals surface area contributed by atoms with Crippen LogP contribution in [0.3, 0.4) is 0 Å². The van der Waals surface area contributed by atoms with Gasteiger partial charge in [0.25, 0.3) is 5.91 Å². The normalized spacial score (nSPS) is 11.4. The molecule has 1 aromatic carbocycles. The molecule has 4 heterocycles. The second-order valence-corrected chi connectivity index (χ2v) is 8.38. The van der Waals surface area contributed by atoms with Gasteiger partial charge in [0, 0.05) is 53.4 Å². The molecule has 0 radical (unpaired) electrons. The standard InChI is InChI=1S/C24H22ClN7O/c1-4-32-14(2)16(12-27-32)13-31(3)24(33)19-10-22(28-20-8-6-17(25)9-18(19)20)21-7-5-15-11-26-30-23(15)29-21/h5-12H,4,13H2,1-3H3,(H,26,29,30). The maximum absolute atomic E-state index is 13.6. The van der Waals surface area contributed by atoms with Crippen molar-refractivity contribution in [1.82, 2.24) is 34.8 Å². The van der Waals surface area contributed by atoms with Crippen molar-refractivity contribution in [2.45, 2.75) is 26.9 Å². The lowest BCUT2D eigenvalue weighted by atomic mass is 10.0. The third-order valence-corrected chi connectivity index (χ3v) is 6.05. The average Bonchev–Trinajstić information content (AvgIpc) is 3.43. The van der Waals surface area contributed by atoms with E-state index in [0.717, 1.165) is 23.2 Å². The molecule has 0 saturated heterocycles. The van der Waals surface area contributed by atoms with Gasteiger partial charge in [-0.1, -0.05) is 11.6 Å². The lowest BCUT2D eigenvalue weighted by Gasteiger charge is -2.19. The predicted molar refractivity (Wildman–Crippen MR) is 128 cm³/mol. The average molecular weight is 460 g/mol. The number of aryl methyl sites for hydroxylation is 1. The topological polar surface area (TPSA) is 92.6 Å². The molecule has 0 saturated carbocycles. The number of amides is 1. The summed E-state index contributed by atoms with van der Waals surface area (Å²) in [6.45, 7) is 5.29. The van der Waals surface area contributed by atoms with Crippen molar-refractivity contribution >= 4 is 39.4 Å². The molecule has 0 unspecified atom stereocenters. The van der Waals surface area contributed by atoms with Gasteiger partial charge in [-0.05, 0) is 50.2 Å². The molecule has 0 aliphatic heterocycles. The maximum atomic E-state index is 13.6. The third kappa shape index (κ3) is 3.82. The molecule has 0 spiro atoms. The van der Waals surface area contributed by atoms with Crippen molar-refractivity contribution in [2.24, 2.45) is 0 Å². The Hall–Kier alpha value is -3.78. The molecule has 0 aliphatic rings. The van der Waals surface area contributed by atoms with Gasteiger partial charge in [-0.2, -0.15) is 10.2 Å². The first-order valence-electron chi connectivity index (χ1n) is 10.6. The molecular formula is C24H22ClN7O. The van der Waals surface area contributed by atoms with E-state index in [0.29, 0.717) is 45.1 Å². The Kier molecular flexibility index (Phi) is 5.30. The van der Waals surface area contributed by atoms with Crippen LogP contribution in [0.2, 0.25) is 5.02 Å². The summed E-state index contributed by atoms with van der Waals surface area (Å²) in [5, 5.41) is 13.5. The van der Waals surface area contributed by atoms with Crippen LogP contribution in [0.25, 0.3) is 33.3 Å². The Morgan fingerprint density at radius 1 is 1.15 bits per heavy atom. The fraction of sp³-hybridized carbons (Fsp3) is 0.208. The highest BCUT2D eigenvalue weighted by Gasteiger charge is 2.20. The number of hydrogen-bond donors (Lipinski definition) is 1. The number of rotatable bonds is 5. The van der Waals surface area contributed by atoms with Gasteiger partial charge in [-0.15, -0.1) is 0 Å². The lowest BCUT2D eigenvalue weighted by molar-refractivity contribution is 0.0787. The Balaban J connectivity index is 1.58. The van der Waals surface area contributed by atoms with Crippen LogP contribution < -0.4 is 0 Å². The van der Waals surface area contributed by atoms with E-state index in [1.54, 1.807) is 36.3 Å². The van der Waals surface area contributed by atoms with Gasteiger partial charge in [-0.3, -0.25) is 14.6 Å². The molecule has 33 heavy (non-hydrogen) atoms. The summed E-state index contributed by atoms with van der Waals surface area (Å²) in [4.78, 5) is 24.6. The second kappa shape index (κ2) is 8.29. The first-order valence-corrected chi connectivity index (χ1v) is 11.0. The zero-order valence-corrected chi connectivity index (χ0v) is 19.3. The number of pyridine rings is 2. The zero-order chi connectivity index (χ0) is 23.1. The number of nitrogens with one attached hydrogen (secondary N) is 1. The van der Waals surface area contributed by atoms with E-state index in [1.165, 1.54) is 0 Å². The molecule has 0 aliphatic carbocycles. The minimum Gasteiger partial charge on any atom is -0.337 e. The highest BCUT2D eigenvalue weighted by Crippen LogP contribution is 2.28. The van der Waals surface area contributed by atoms with Gasteiger partial charge >= 0.3 is 0 Å². The molecule has 8 nitrogen and oxygen atoms in total. The smallest absolute Gasteiger partial charge is 0.254 e. The number of fused-ring (bicyclic) bond motifs is 2. The largest absolute Gasteiger partial charge is 0.337 e. The van der Waals surface area contributed by atoms with E-state index in [-0.39, 0.29) is 5.91 Å². The minimum absolute atomic E-state index is 0.129. The Morgan fingerprint density at radius 3 is 2.79 bits per heavy atom. The van der Waals surface area contributed by atoms with Crippen molar-refractivity contribution < 1.29 is 4.79 Å². The van der Waals surface area contributed by atoms with E-state index < -0.39 is 0 Å². The zero-order valence-electron chi connectivity index (χ0n) is 18.5. The number of carbonyl (C=O) groups excluding carboxylic acids is 1. The second-order valence-electron chi connectivity index (χ2n) is 7.94. The number of carbonyl (C=O) groups is 1. The van der Waals surface area contributed by atoms with Crippen LogP contribution in [-0.2, 0) is 13.1 Å². The van der Waals surface area contributed by atoms with Crippen LogP contribution in [0.4, 0.5) is 0 Å². The van der Waals surface area contributed by atoms with Crippen molar-refractivity contribution in [1.29, 1.82) is 0 Å². The predicted octanol–water partition coefficient (Wildman–Crippen LogP) is 4.62. The summed E-state index contributed by atoms with van der Waals surface area (Å²) in [5.74, 6) is -0.129. The number of benzene rings is 1. The summed E-state index contributed by atoms with van der Waals surface area (Å²) in [6, 6.07) is 10.9. The molecule has 0 bridgehead atoms. The van der Waals surface area contributed by atoms with Crippen molar-refractivity contribution in [3.8, 4) is 11.4 Å². The fourth-order valence-electron chi connectivity index (χ4n) is 3.97. The number of nitrogens with zero attached hydrogens (tertiary/aromatic N) is 6. The van der Waals surface area contributed by atoms with Gasteiger partial charge in [0.05, 0.1) is 28.7 Å². The highest BCUT2D eigenvalue weighted by atomic mass is 35.5. The molecule has 166 valence electrons. The molecule has 9 heteroatoms. The van der Waals surface area contributed by atoms with Gasteiger partial charge in [0.2, 0.25) is 0 Å². The molecule has 5 aromatic rings. The van der Waals surface area contributed by atoms with Crippen LogP contribution in [0.15, 0.2) is 48.8 Å². The van der Waals surface area contributed by atoms with Gasteiger partial charge in [0.15, 0.2) is 5.65 Å². The van der Waals surface area contributed by atoms with Crippen molar-refractivity contribution in [2.75, 3.05) is 7.05 Å². The van der Waals surface area contributed by atoms with E-state index in [9.17, 15) is 4.79 Å². The molecule has 1 amide bonds. The van der Waals surface area contributed by atoms with Crippen LogP contribution in [-0.4, -0.2) is 47.8 Å². The van der Waals surface area contributed by atoms with Gasteiger partial charge < -0.3 is 4.90 Å². The summed E-state index contributed by atoms with van der Waals surface area (Å²) in [7, 11) is 1.79. The summed E-state index contributed by atoms with van der Waals surface area (Å²) in [5.41, 5.74) is 5.09. The number of hydrogen-bond acceptors (Lipinski definition) is 5. The van der Waals surface area contributed by atoms with E-state index in [1.807, 2.05) is 42.9 Å². The molecule has 1 N–H and O–H groups in total. The van der Waals surface area contributed by atoms with Crippen LogP contribution in [0.5, 0.6) is 0 Å². The van der Waals surface area contributed by atoms with Crippen LogP contribution in [0.1, 0.15) is 28.5 Å². The first kappa shape index (κ1) is 21.1. The molecule has 5 rings (SSSR count). The quantitative estimate of drug-likeness (QED) is 0.414. The lowest BCUT2D eigenvalue weighted by Crippen LogP contribution is -2.27. The Morgan fingerprint density at radius 2 is 2.00 bits per heavy atom. The van der Waals surface area contributed by atoms with Gasteiger partial charge in [-0.25, -0.2) is 9.97 Å². The minimum atomic E-state index is -0.129. The van der Waals surface area contributed by atoms with Crippen LogP contribution >= 0.6 is 11.6 Å². The number of halogens is 1. The molecule has 0 fully saturated rings. The number of aromatic nitrogens is 6. The number of aromatic amines is 1. The molecule has 0 atom stereocenters. The van der Waals surface area contributed by atoms with E-state index in [4.69, 9.17) is 16.6 Å². The van der Waals surface area contributed by atoms with Crippen LogP contribution in [0, 0.1) is 6.92 Å². The summed E-state index contributed by atoms with van der Waals surface area (Å²) < 4.78 is 1.92. The highest BCUT2D eigenvalue weighted by molar-refractivity contribution is 6.31. The maximum Gasteiger partial charge on any atom is 0.254 e. The Bertz CT molecular complexity index is 1500.